The molecule has 0 fully saturated rings. The Labute approximate surface area is 178 Å². The molecule has 0 aliphatic heterocycles. The molecule has 0 spiro atoms. The quantitative estimate of drug-likeness (QED) is 0.179. The van der Waals surface area contributed by atoms with Crippen LogP contribution in [-0.2, 0) is 0 Å². The van der Waals surface area contributed by atoms with E-state index in [-0.39, 0.29) is 5.76 Å². The first-order chi connectivity index (χ1) is 14.1. The van der Waals surface area contributed by atoms with Crippen LogP contribution in [0.1, 0.15) is 109 Å². The number of unbranched alkanes of at least 4 members (excludes halogenated alkanes) is 13. The van der Waals surface area contributed by atoms with Crippen molar-refractivity contribution in [2.24, 2.45) is 0 Å². The summed E-state index contributed by atoms with van der Waals surface area (Å²) in [5.41, 5.74) is -0.717. The van der Waals surface area contributed by atoms with Crippen molar-refractivity contribution in [2.75, 3.05) is 6.61 Å². The molecule has 1 aromatic rings. The molecule has 0 aromatic heterocycles. The highest BCUT2D eigenvalue weighted by molar-refractivity contribution is 5.52. The highest BCUT2D eigenvalue weighted by Crippen LogP contribution is 2.24. The van der Waals surface area contributed by atoms with Gasteiger partial charge in [0.2, 0.25) is 0 Å². The van der Waals surface area contributed by atoms with Crippen molar-refractivity contribution in [2.45, 2.75) is 109 Å². The third kappa shape index (κ3) is 12.1. The lowest BCUT2D eigenvalue weighted by atomic mass is 9.93. The summed E-state index contributed by atoms with van der Waals surface area (Å²) in [6.07, 6.45) is 19.8. The van der Waals surface area contributed by atoms with Crippen molar-refractivity contribution in [3.8, 4) is 0 Å². The Morgan fingerprint density at radius 2 is 1.21 bits per heavy atom. The summed E-state index contributed by atoms with van der Waals surface area (Å²) >= 11 is 0. The van der Waals surface area contributed by atoms with E-state index in [4.69, 9.17) is 0 Å². The second-order valence-corrected chi connectivity index (χ2v) is 8.48. The van der Waals surface area contributed by atoms with Crippen molar-refractivity contribution < 1.29 is 15.3 Å². The van der Waals surface area contributed by atoms with Gasteiger partial charge < -0.3 is 15.3 Å². The number of aliphatic hydroxyl groups is 3. The van der Waals surface area contributed by atoms with Crippen LogP contribution < -0.4 is 0 Å². The third-order valence-corrected chi connectivity index (χ3v) is 5.79. The molecule has 0 aliphatic carbocycles. The van der Waals surface area contributed by atoms with E-state index in [0.29, 0.717) is 6.42 Å². The molecule has 3 N–H and O–H groups in total. The number of benzene rings is 1. The average Bonchev–Trinajstić information content (AvgIpc) is 2.74. The fourth-order valence-electron chi connectivity index (χ4n) is 3.74. The van der Waals surface area contributed by atoms with Gasteiger partial charge in [-0.15, -0.1) is 0 Å². The maximum absolute atomic E-state index is 10.6. The molecule has 0 amide bonds. The minimum absolute atomic E-state index is 0.152. The Balaban J connectivity index is 2.07. The Hall–Kier alpha value is -1.32. The molecule has 0 saturated carbocycles. The second-order valence-electron chi connectivity index (χ2n) is 8.48. The van der Waals surface area contributed by atoms with E-state index in [0.717, 1.165) is 24.8 Å². The van der Waals surface area contributed by atoms with E-state index in [9.17, 15) is 15.3 Å². The van der Waals surface area contributed by atoms with Crippen LogP contribution in [0.4, 0.5) is 0 Å². The normalized spacial score (nSPS) is 14.1. The van der Waals surface area contributed by atoms with Crippen molar-refractivity contribution >= 4 is 6.08 Å². The van der Waals surface area contributed by atoms with Gasteiger partial charge >= 0.3 is 0 Å². The molecular formula is C26H44O3. The molecule has 1 unspecified atom stereocenters. The molecule has 0 aliphatic rings. The summed E-state index contributed by atoms with van der Waals surface area (Å²) in [5.74, 6) is -0.152. The lowest BCUT2D eigenvalue weighted by Crippen LogP contribution is -2.35. The van der Waals surface area contributed by atoms with Gasteiger partial charge in [0.15, 0.2) is 0 Å². The maximum Gasteiger partial charge on any atom is 0.144 e. The van der Waals surface area contributed by atoms with Crippen LogP contribution in [-0.4, -0.2) is 27.5 Å². The van der Waals surface area contributed by atoms with Crippen LogP contribution >= 0.6 is 0 Å². The van der Waals surface area contributed by atoms with Gasteiger partial charge in [-0.3, -0.25) is 0 Å². The Bertz CT molecular complexity index is 526. The number of aliphatic hydroxyl groups excluding tert-OH is 2. The lowest BCUT2D eigenvalue weighted by molar-refractivity contribution is -0.0207. The Morgan fingerprint density at radius 1 is 0.759 bits per heavy atom. The molecule has 0 saturated heterocycles. The molecule has 0 bridgehead atoms. The van der Waals surface area contributed by atoms with Gasteiger partial charge in [-0.2, -0.15) is 0 Å². The van der Waals surface area contributed by atoms with Crippen LogP contribution in [0, 0.1) is 0 Å². The molecule has 3 heteroatoms. The minimum atomic E-state index is -1.53. The Morgan fingerprint density at radius 3 is 1.66 bits per heavy atom. The first-order valence-corrected chi connectivity index (χ1v) is 11.9. The third-order valence-electron chi connectivity index (χ3n) is 5.79. The molecule has 1 atom stereocenters. The van der Waals surface area contributed by atoms with Crippen molar-refractivity contribution in [1.29, 1.82) is 0 Å². The van der Waals surface area contributed by atoms with Crippen LogP contribution in [0.3, 0.4) is 0 Å². The van der Waals surface area contributed by atoms with E-state index in [1.807, 2.05) is 30.3 Å². The summed E-state index contributed by atoms with van der Waals surface area (Å²) in [6, 6.07) is 9.39. The standard InChI is InChI=1S/C26H44O3/c1-2-3-4-5-6-7-8-9-10-11-12-13-14-18-21-26(29,23-27)25(28)22-24-19-16-15-17-20-24/h15-17,19-20,22,27-29H,2-14,18,21,23H2,1H3. The SMILES string of the molecule is CCCCCCCCCCCCCCCCC(O)(CO)C(O)=Cc1ccccc1. The largest absolute Gasteiger partial charge is 0.509 e. The van der Waals surface area contributed by atoms with Crippen LogP contribution in [0.5, 0.6) is 0 Å². The highest BCUT2D eigenvalue weighted by Gasteiger charge is 2.30. The number of hydrogen-bond acceptors (Lipinski definition) is 3. The van der Waals surface area contributed by atoms with Gasteiger partial charge in [0, 0.05) is 0 Å². The monoisotopic (exact) mass is 404 g/mol. The van der Waals surface area contributed by atoms with Gasteiger partial charge in [0.25, 0.3) is 0 Å². The zero-order valence-corrected chi connectivity index (χ0v) is 18.6. The van der Waals surface area contributed by atoms with E-state index < -0.39 is 12.2 Å². The van der Waals surface area contributed by atoms with E-state index in [1.165, 1.54) is 70.6 Å². The number of hydrogen-bond donors (Lipinski definition) is 3. The predicted molar refractivity (Wildman–Crippen MR) is 124 cm³/mol. The first-order valence-electron chi connectivity index (χ1n) is 11.9. The zero-order chi connectivity index (χ0) is 21.2. The molecule has 3 nitrogen and oxygen atoms in total. The molecular weight excluding hydrogens is 360 g/mol. The van der Waals surface area contributed by atoms with E-state index in [2.05, 4.69) is 6.92 Å². The van der Waals surface area contributed by atoms with Gasteiger partial charge in [-0.25, -0.2) is 0 Å². The van der Waals surface area contributed by atoms with Crippen LogP contribution in [0.2, 0.25) is 0 Å². The molecule has 0 heterocycles. The van der Waals surface area contributed by atoms with E-state index >= 15 is 0 Å². The summed E-state index contributed by atoms with van der Waals surface area (Å²) in [5, 5.41) is 30.4. The lowest BCUT2D eigenvalue weighted by Gasteiger charge is -2.25. The summed E-state index contributed by atoms with van der Waals surface area (Å²) in [6.45, 7) is 1.81. The van der Waals surface area contributed by atoms with Gasteiger partial charge in [-0.1, -0.05) is 127 Å². The van der Waals surface area contributed by atoms with Crippen molar-refractivity contribution in [3.05, 3.63) is 41.7 Å². The van der Waals surface area contributed by atoms with Crippen molar-refractivity contribution in [1.82, 2.24) is 0 Å². The summed E-state index contributed by atoms with van der Waals surface area (Å²) in [4.78, 5) is 0. The summed E-state index contributed by atoms with van der Waals surface area (Å²) in [7, 11) is 0. The van der Waals surface area contributed by atoms with Gasteiger partial charge in [-0.05, 0) is 18.1 Å². The van der Waals surface area contributed by atoms with E-state index in [1.54, 1.807) is 6.08 Å². The van der Waals surface area contributed by atoms with Gasteiger partial charge in [0.05, 0.1) is 6.61 Å². The highest BCUT2D eigenvalue weighted by atomic mass is 16.4. The topological polar surface area (TPSA) is 60.7 Å². The minimum Gasteiger partial charge on any atom is -0.509 e. The average molecular weight is 405 g/mol. The number of rotatable bonds is 18. The molecule has 166 valence electrons. The maximum atomic E-state index is 10.6. The fraction of sp³-hybridized carbons (Fsp3) is 0.692. The van der Waals surface area contributed by atoms with Crippen LogP contribution in [0.25, 0.3) is 6.08 Å². The Kier molecular flexibility index (Phi) is 14.6. The van der Waals surface area contributed by atoms with Crippen LogP contribution in [0.15, 0.2) is 36.1 Å². The van der Waals surface area contributed by atoms with Gasteiger partial charge in [0.1, 0.15) is 11.4 Å². The molecule has 29 heavy (non-hydrogen) atoms. The summed E-state index contributed by atoms with van der Waals surface area (Å²) < 4.78 is 0. The second kappa shape index (κ2) is 16.5. The molecule has 1 aromatic carbocycles. The predicted octanol–water partition coefficient (Wildman–Crippen LogP) is 7.18. The molecule has 0 radical (unpaired) electrons. The fourth-order valence-corrected chi connectivity index (χ4v) is 3.74. The smallest absolute Gasteiger partial charge is 0.144 e. The zero-order valence-electron chi connectivity index (χ0n) is 18.6. The van der Waals surface area contributed by atoms with Crippen molar-refractivity contribution in [3.63, 3.8) is 0 Å². The first kappa shape index (κ1) is 25.7. The molecule has 1 rings (SSSR count).